The Morgan fingerprint density at radius 1 is 1.59 bits per heavy atom. The van der Waals surface area contributed by atoms with E-state index in [0.717, 1.165) is 51.1 Å². The summed E-state index contributed by atoms with van der Waals surface area (Å²) in [7, 11) is 0. The molecule has 0 spiro atoms. The van der Waals surface area contributed by atoms with Crippen molar-refractivity contribution in [2.75, 3.05) is 32.9 Å². The summed E-state index contributed by atoms with van der Waals surface area (Å²) in [6, 6.07) is 2.04. The minimum absolute atomic E-state index is 0.00316. The summed E-state index contributed by atoms with van der Waals surface area (Å²) >= 11 is 1.65. The summed E-state index contributed by atoms with van der Waals surface area (Å²) in [6.07, 6.45) is 3.86. The first kappa shape index (κ1) is 16.0. The van der Waals surface area contributed by atoms with E-state index in [0.29, 0.717) is 13.0 Å². The second-order valence-electron chi connectivity index (χ2n) is 6.37. The van der Waals surface area contributed by atoms with Gasteiger partial charge in [0.1, 0.15) is 0 Å². The maximum Gasteiger partial charge on any atom is 0.227 e. The van der Waals surface area contributed by atoms with Crippen LogP contribution in [0.5, 0.6) is 0 Å². The van der Waals surface area contributed by atoms with E-state index >= 15 is 0 Å². The van der Waals surface area contributed by atoms with Crippen LogP contribution in [0.2, 0.25) is 0 Å². The van der Waals surface area contributed by atoms with Gasteiger partial charge in [-0.2, -0.15) is 11.3 Å². The van der Waals surface area contributed by atoms with Crippen molar-refractivity contribution in [1.82, 2.24) is 4.90 Å². The van der Waals surface area contributed by atoms with E-state index in [-0.39, 0.29) is 17.4 Å². The van der Waals surface area contributed by atoms with Gasteiger partial charge in [-0.1, -0.05) is 0 Å². The number of thiophene rings is 1. The quantitative estimate of drug-likeness (QED) is 0.836. The van der Waals surface area contributed by atoms with Crippen LogP contribution in [0.15, 0.2) is 16.8 Å². The van der Waals surface area contributed by atoms with E-state index in [4.69, 9.17) is 9.47 Å². The zero-order valence-electron chi connectivity index (χ0n) is 13.3. The lowest BCUT2D eigenvalue weighted by Crippen LogP contribution is -2.58. The van der Waals surface area contributed by atoms with Crippen molar-refractivity contribution in [1.29, 1.82) is 0 Å². The summed E-state index contributed by atoms with van der Waals surface area (Å²) < 4.78 is 11.8. The van der Waals surface area contributed by atoms with Gasteiger partial charge in [-0.05, 0) is 48.6 Å². The van der Waals surface area contributed by atoms with Crippen LogP contribution in [0.25, 0.3) is 0 Å². The number of fused-ring (bicyclic) bond motifs is 1. The van der Waals surface area contributed by atoms with Crippen LogP contribution in [-0.4, -0.2) is 49.8 Å². The molecule has 0 aliphatic carbocycles. The van der Waals surface area contributed by atoms with Crippen LogP contribution in [0.4, 0.5) is 0 Å². The molecule has 1 amide bonds. The molecule has 122 valence electrons. The topological polar surface area (TPSA) is 38.8 Å². The Hall–Kier alpha value is -0.910. The fourth-order valence-corrected chi connectivity index (χ4v) is 4.37. The zero-order chi connectivity index (χ0) is 15.4. The molecule has 0 aromatic carbocycles. The molecule has 0 N–H and O–H groups in total. The van der Waals surface area contributed by atoms with E-state index < -0.39 is 0 Å². The summed E-state index contributed by atoms with van der Waals surface area (Å²) in [5, 5.41) is 4.09. The smallest absolute Gasteiger partial charge is 0.227 e. The number of nitrogens with zero attached hydrogens (tertiary/aromatic N) is 1. The van der Waals surface area contributed by atoms with Gasteiger partial charge in [-0.3, -0.25) is 4.79 Å². The van der Waals surface area contributed by atoms with Gasteiger partial charge in [0.15, 0.2) is 0 Å². The fourth-order valence-electron chi connectivity index (χ4n) is 3.70. The molecular formula is C17H25NO3S. The van der Waals surface area contributed by atoms with Crippen molar-refractivity contribution >= 4 is 17.2 Å². The maximum atomic E-state index is 12.6. The lowest BCUT2D eigenvalue weighted by atomic mass is 9.73. The molecule has 2 saturated heterocycles. The Balaban J connectivity index is 1.68. The molecule has 0 radical (unpaired) electrons. The number of likely N-dealkylation sites (tertiary alicyclic amines) is 1. The predicted molar refractivity (Wildman–Crippen MR) is 87.1 cm³/mol. The molecule has 0 bridgehead atoms. The highest BCUT2D eigenvalue weighted by atomic mass is 32.1. The maximum absolute atomic E-state index is 12.6. The number of amides is 1. The van der Waals surface area contributed by atoms with Gasteiger partial charge in [0, 0.05) is 31.7 Å². The molecule has 0 saturated carbocycles. The summed E-state index contributed by atoms with van der Waals surface area (Å²) in [5.41, 5.74) is 1.12. The number of carbonyl (C=O) groups excluding carboxylic acids is 1. The van der Waals surface area contributed by atoms with E-state index in [1.165, 1.54) is 0 Å². The first-order valence-corrected chi connectivity index (χ1v) is 9.16. The fraction of sp³-hybridized carbons (Fsp3) is 0.706. The third-order valence-electron chi connectivity index (χ3n) is 4.87. The summed E-state index contributed by atoms with van der Waals surface area (Å²) in [4.78, 5) is 14.6. The van der Waals surface area contributed by atoms with Gasteiger partial charge in [-0.15, -0.1) is 0 Å². The zero-order valence-corrected chi connectivity index (χ0v) is 14.1. The van der Waals surface area contributed by atoms with Gasteiger partial charge >= 0.3 is 0 Å². The molecule has 2 fully saturated rings. The Kier molecular flexibility index (Phi) is 5.16. The number of hydrogen-bond donors (Lipinski definition) is 0. The second kappa shape index (κ2) is 7.11. The van der Waals surface area contributed by atoms with E-state index in [9.17, 15) is 4.79 Å². The molecule has 1 aromatic heterocycles. The average molecular weight is 323 g/mol. The van der Waals surface area contributed by atoms with Crippen LogP contribution >= 0.6 is 11.3 Å². The first-order chi connectivity index (χ1) is 10.7. The third kappa shape index (κ3) is 3.36. The molecule has 2 aliphatic heterocycles. The first-order valence-electron chi connectivity index (χ1n) is 8.22. The Morgan fingerprint density at radius 2 is 2.50 bits per heavy atom. The highest BCUT2D eigenvalue weighted by molar-refractivity contribution is 7.07. The molecule has 5 heteroatoms. The molecule has 0 unspecified atom stereocenters. The second-order valence-corrected chi connectivity index (χ2v) is 7.15. The molecule has 3 rings (SSSR count). The summed E-state index contributed by atoms with van der Waals surface area (Å²) in [6.45, 7) is 5.88. The molecule has 4 nitrogen and oxygen atoms in total. The molecule has 1 aromatic rings. The van der Waals surface area contributed by atoms with Crippen molar-refractivity contribution in [3.8, 4) is 0 Å². The molecule has 2 aliphatic rings. The van der Waals surface area contributed by atoms with E-state index in [1.807, 2.05) is 23.3 Å². The van der Waals surface area contributed by atoms with Crippen molar-refractivity contribution in [2.24, 2.45) is 5.41 Å². The molecule has 2 atom stereocenters. The highest BCUT2D eigenvalue weighted by Crippen LogP contribution is 2.40. The Bertz CT molecular complexity index is 490. The molecule has 22 heavy (non-hydrogen) atoms. The van der Waals surface area contributed by atoms with Crippen molar-refractivity contribution < 1.29 is 14.3 Å². The predicted octanol–water partition coefficient (Wildman–Crippen LogP) is 2.72. The van der Waals surface area contributed by atoms with Crippen LogP contribution in [-0.2, 0) is 20.7 Å². The van der Waals surface area contributed by atoms with Crippen molar-refractivity contribution in [2.45, 2.75) is 38.7 Å². The van der Waals surface area contributed by atoms with Gasteiger partial charge in [0.2, 0.25) is 5.91 Å². The lowest BCUT2D eigenvalue weighted by molar-refractivity contribution is -0.163. The van der Waals surface area contributed by atoms with Gasteiger partial charge in [0.25, 0.3) is 0 Å². The van der Waals surface area contributed by atoms with E-state index in [2.05, 4.69) is 5.38 Å². The van der Waals surface area contributed by atoms with Crippen LogP contribution in [0.1, 0.15) is 31.7 Å². The van der Waals surface area contributed by atoms with Crippen molar-refractivity contribution in [3.05, 3.63) is 22.4 Å². The highest BCUT2D eigenvalue weighted by Gasteiger charge is 2.47. The number of ether oxygens (including phenoxy) is 2. The van der Waals surface area contributed by atoms with Crippen molar-refractivity contribution in [3.63, 3.8) is 0 Å². The van der Waals surface area contributed by atoms with Gasteiger partial charge < -0.3 is 14.4 Å². The Morgan fingerprint density at radius 3 is 3.27 bits per heavy atom. The Labute approximate surface area is 136 Å². The minimum Gasteiger partial charge on any atom is -0.381 e. The SMILES string of the molecule is CCOC[C@]12CCCO[C@@H]1CCN(C(=O)Cc1ccsc1)C2. The van der Waals surface area contributed by atoms with Crippen LogP contribution in [0.3, 0.4) is 0 Å². The normalized spacial score (nSPS) is 28.4. The van der Waals surface area contributed by atoms with Gasteiger partial charge in [-0.25, -0.2) is 0 Å². The number of carbonyl (C=O) groups is 1. The largest absolute Gasteiger partial charge is 0.381 e. The average Bonchev–Trinajstić information content (AvgIpc) is 3.05. The van der Waals surface area contributed by atoms with E-state index in [1.54, 1.807) is 11.3 Å². The van der Waals surface area contributed by atoms with Crippen LogP contribution in [0, 0.1) is 5.41 Å². The number of rotatable bonds is 5. The lowest BCUT2D eigenvalue weighted by Gasteiger charge is -2.50. The molecule has 3 heterocycles. The van der Waals surface area contributed by atoms with Gasteiger partial charge in [0.05, 0.1) is 19.1 Å². The number of piperidine rings is 1. The summed E-state index contributed by atoms with van der Waals surface area (Å²) in [5.74, 6) is 0.235. The number of hydrogen-bond acceptors (Lipinski definition) is 4. The third-order valence-corrected chi connectivity index (χ3v) is 5.60. The molecular weight excluding hydrogens is 298 g/mol. The van der Waals surface area contributed by atoms with Crippen LogP contribution < -0.4 is 0 Å². The minimum atomic E-state index is -0.00316. The monoisotopic (exact) mass is 323 g/mol. The standard InChI is InChI=1S/C17H25NO3S/c1-2-20-13-17-6-3-8-21-15(17)4-7-18(12-17)16(19)10-14-5-9-22-11-14/h5,9,11,15H,2-4,6-8,10,12-13H2,1H3/t15-,17-/m1/s1.